The van der Waals surface area contributed by atoms with Gasteiger partial charge in [0.15, 0.2) is 0 Å². The van der Waals surface area contributed by atoms with E-state index in [-0.39, 0.29) is 5.60 Å². The maximum Gasteiger partial charge on any atom is 0.0660 e. The van der Waals surface area contributed by atoms with E-state index in [9.17, 15) is 5.11 Å². The lowest BCUT2D eigenvalue weighted by Gasteiger charge is -2.71. The minimum Gasteiger partial charge on any atom is -0.390 e. The molecule has 2 heteroatoms. The highest BCUT2D eigenvalue weighted by atomic mass is 16.3. The summed E-state index contributed by atoms with van der Waals surface area (Å²) in [7, 11) is 0. The molecule has 5 saturated carbocycles. The molecule has 0 aromatic carbocycles. The van der Waals surface area contributed by atoms with Crippen molar-refractivity contribution in [1.29, 1.82) is 0 Å². The highest BCUT2D eigenvalue weighted by Gasteiger charge is 2.68. The summed E-state index contributed by atoms with van der Waals surface area (Å²) in [4.78, 5) is 0. The Bertz CT molecular complexity index is 1050. The fourth-order valence-electron chi connectivity index (χ4n) is 13.1. The lowest BCUT2D eigenvalue weighted by atomic mass is 9.34. The van der Waals surface area contributed by atoms with Crippen LogP contribution in [0.1, 0.15) is 144 Å². The lowest BCUT2D eigenvalue weighted by molar-refractivity contribution is -0.212. The monoisotopic (exact) mass is 547 g/mol. The Labute approximate surface area is 246 Å². The number of hydrogen-bond acceptors (Lipinski definition) is 2. The number of allylic oxidation sites excluding steroid dienone is 4. The van der Waals surface area contributed by atoms with Crippen LogP contribution in [-0.4, -0.2) is 22.8 Å². The second-order valence-corrected chi connectivity index (χ2v) is 17.4. The highest BCUT2D eigenvalue weighted by molar-refractivity contribution is 5.37. The van der Waals surface area contributed by atoms with E-state index in [0.29, 0.717) is 21.8 Å². The standard InChI is InChI=1S/C38H61NO/c1-26-9-11-28(12-10-26)29-15-20-34(3)30(27(29)2)16-21-36(5)33(34)14-13-31-32-8-6-19-38(32,23-22-35(31,36)4)39-25-24-37(40)17-7-18-37/h11,15,26-27,30-33,39-40H,6-10,12-14,16-25H2,1-5H3/t26?,27?,30?,31?,32-,33?,34?,35-,36?,38?/m1/s1. The molecular formula is C38H61NO. The van der Waals surface area contributed by atoms with Crippen molar-refractivity contribution in [2.75, 3.05) is 6.54 Å². The van der Waals surface area contributed by atoms with Gasteiger partial charge in [-0.15, -0.1) is 0 Å². The molecule has 0 aliphatic heterocycles. The van der Waals surface area contributed by atoms with Gasteiger partial charge in [-0.05, 0) is 172 Å². The van der Waals surface area contributed by atoms with Crippen LogP contribution < -0.4 is 5.32 Å². The Kier molecular flexibility index (Phi) is 6.84. The van der Waals surface area contributed by atoms with Crippen LogP contribution in [0.15, 0.2) is 23.3 Å². The van der Waals surface area contributed by atoms with Crippen LogP contribution in [0.3, 0.4) is 0 Å². The fourth-order valence-corrected chi connectivity index (χ4v) is 13.1. The maximum atomic E-state index is 10.8. The second kappa shape index (κ2) is 9.70. The largest absolute Gasteiger partial charge is 0.390 e. The summed E-state index contributed by atoms with van der Waals surface area (Å²) in [5.74, 6) is 5.07. The zero-order valence-electron chi connectivity index (χ0n) is 26.8. The van der Waals surface area contributed by atoms with E-state index in [1.54, 1.807) is 11.1 Å². The number of fused-ring (bicyclic) bond motifs is 7. The van der Waals surface area contributed by atoms with Crippen molar-refractivity contribution in [1.82, 2.24) is 5.32 Å². The molecule has 5 fully saturated rings. The Morgan fingerprint density at radius 1 is 0.800 bits per heavy atom. The van der Waals surface area contributed by atoms with Gasteiger partial charge in [-0.25, -0.2) is 0 Å². The van der Waals surface area contributed by atoms with Crippen molar-refractivity contribution in [3.8, 4) is 0 Å². The molecule has 0 heterocycles. The van der Waals surface area contributed by atoms with Gasteiger partial charge in [0.1, 0.15) is 0 Å². The molecule has 8 unspecified atom stereocenters. The minimum atomic E-state index is -0.349. The molecule has 10 atom stereocenters. The van der Waals surface area contributed by atoms with Gasteiger partial charge in [0.05, 0.1) is 5.60 Å². The van der Waals surface area contributed by atoms with Gasteiger partial charge in [0.25, 0.3) is 0 Å². The quantitative estimate of drug-likeness (QED) is 0.359. The molecule has 224 valence electrons. The molecular weight excluding hydrogens is 486 g/mol. The van der Waals surface area contributed by atoms with E-state index in [1.807, 2.05) is 0 Å². The zero-order valence-corrected chi connectivity index (χ0v) is 26.8. The Morgan fingerprint density at radius 2 is 1.62 bits per heavy atom. The number of aliphatic hydroxyl groups is 1. The van der Waals surface area contributed by atoms with E-state index in [1.165, 1.54) is 89.9 Å². The normalized spacial score (nSPS) is 51.4. The van der Waals surface area contributed by atoms with Crippen LogP contribution in [0, 0.1) is 51.8 Å². The first-order valence-corrected chi connectivity index (χ1v) is 17.9. The van der Waals surface area contributed by atoms with E-state index >= 15 is 0 Å². The van der Waals surface area contributed by atoms with Gasteiger partial charge in [0, 0.05) is 5.54 Å². The average Bonchev–Trinajstić information content (AvgIpc) is 3.33. The van der Waals surface area contributed by atoms with Gasteiger partial charge < -0.3 is 10.4 Å². The first-order chi connectivity index (χ1) is 19.0. The average molecular weight is 548 g/mol. The summed E-state index contributed by atoms with van der Waals surface area (Å²) in [5.41, 5.74) is 4.90. The summed E-state index contributed by atoms with van der Waals surface area (Å²) >= 11 is 0. The van der Waals surface area contributed by atoms with Crippen molar-refractivity contribution in [2.24, 2.45) is 51.8 Å². The Hall–Kier alpha value is -0.600. The van der Waals surface area contributed by atoms with Gasteiger partial charge in [-0.2, -0.15) is 0 Å². The van der Waals surface area contributed by atoms with E-state index in [0.717, 1.165) is 61.3 Å². The van der Waals surface area contributed by atoms with Crippen LogP contribution in [-0.2, 0) is 0 Å². The molecule has 2 nitrogen and oxygen atoms in total. The minimum absolute atomic E-state index is 0.349. The van der Waals surface area contributed by atoms with Gasteiger partial charge in [-0.3, -0.25) is 0 Å². The smallest absolute Gasteiger partial charge is 0.0660 e. The fraction of sp³-hybridized carbons (Fsp3) is 0.895. The van der Waals surface area contributed by atoms with E-state index in [2.05, 4.69) is 52.1 Å². The van der Waals surface area contributed by atoms with Gasteiger partial charge >= 0.3 is 0 Å². The number of rotatable bonds is 5. The number of nitrogens with one attached hydrogen (secondary N) is 1. The summed E-state index contributed by atoms with van der Waals surface area (Å²) in [6, 6.07) is 0. The predicted octanol–water partition coefficient (Wildman–Crippen LogP) is 9.38. The topological polar surface area (TPSA) is 32.3 Å². The summed E-state index contributed by atoms with van der Waals surface area (Å²) in [6.45, 7) is 14.4. The molecule has 0 radical (unpaired) electrons. The first kappa shape index (κ1) is 28.2. The molecule has 40 heavy (non-hydrogen) atoms. The van der Waals surface area contributed by atoms with Crippen LogP contribution in [0.5, 0.6) is 0 Å². The van der Waals surface area contributed by atoms with E-state index in [4.69, 9.17) is 0 Å². The molecule has 0 bridgehead atoms. The van der Waals surface area contributed by atoms with Crippen LogP contribution in [0.25, 0.3) is 0 Å². The predicted molar refractivity (Wildman–Crippen MR) is 167 cm³/mol. The van der Waals surface area contributed by atoms with Crippen molar-refractivity contribution >= 4 is 0 Å². The van der Waals surface area contributed by atoms with Gasteiger partial charge in [-0.1, -0.05) is 53.2 Å². The maximum absolute atomic E-state index is 10.8. The molecule has 2 N–H and O–H groups in total. The Morgan fingerprint density at radius 3 is 2.35 bits per heavy atom. The van der Waals surface area contributed by atoms with E-state index < -0.39 is 0 Å². The molecule has 0 spiro atoms. The van der Waals surface area contributed by atoms with Gasteiger partial charge in [0.2, 0.25) is 0 Å². The summed E-state index contributed by atoms with van der Waals surface area (Å²) in [6.07, 6.45) is 27.8. The zero-order chi connectivity index (χ0) is 28.0. The third-order valence-electron chi connectivity index (χ3n) is 16.0. The molecule has 0 saturated heterocycles. The van der Waals surface area contributed by atoms with Crippen molar-refractivity contribution < 1.29 is 5.11 Å². The highest BCUT2D eigenvalue weighted by Crippen LogP contribution is 2.75. The Balaban J connectivity index is 1.12. The summed E-state index contributed by atoms with van der Waals surface area (Å²) in [5, 5.41) is 14.9. The first-order valence-electron chi connectivity index (χ1n) is 17.9. The van der Waals surface area contributed by atoms with Crippen molar-refractivity contribution in [3.05, 3.63) is 23.3 Å². The van der Waals surface area contributed by atoms with Crippen molar-refractivity contribution in [3.63, 3.8) is 0 Å². The van der Waals surface area contributed by atoms with Crippen LogP contribution in [0.4, 0.5) is 0 Å². The lowest BCUT2D eigenvalue weighted by Crippen LogP contribution is -2.67. The third kappa shape index (κ3) is 3.99. The van der Waals surface area contributed by atoms with Crippen LogP contribution >= 0.6 is 0 Å². The third-order valence-corrected chi connectivity index (χ3v) is 16.0. The molecule has 0 aromatic rings. The SMILES string of the molecule is CC1CC=C(C2=CCC3(C)C(CCC4(C)C3CCC3[C@H]5CCCC5(NCCC5(O)CCC5)CC[C@]34C)C2C)CC1. The van der Waals surface area contributed by atoms with Crippen molar-refractivity contribution in [2.45, 2.75) is 155 Å². The van der Waals surface area contributed by atoms with Crippen LogP contribution in [0.2, 0.25) is 0 Å². The molecule has 7 aliphatic carbocycles. The molecule has 0 amide bonds. The molecule has 7 aliphatic rings. The summed E-state index contributed by atoms with van der Waals surface area (Å²) < 4.78 is 0. The molecule has 0 aromatic heterocycles. The second-order valence-electron chi connectivity index (χ2n) is 17.4. The molecule has 7 rings (SSSR count). The number of hydrogen-bond donors (Lipinski definition) is 2.